The number of H-pyrrole nitrogens is 1. The summed E-state index contributed by atoms with van der Waals surface area (Å²) in [5.41, 5.74) is 2.55. The summed E-state index contributed by atoms with van der Waals surface area (Å²) < 4.78 is 27.0. The number of carbonyl (C=O) groups excluding carboxylic acids is 1. The number of amides is 1. The third-order valence-corrected chi connectivity index (χ3v) is 5.30. The van der Waals surface area contributed by atoms with Crippen LogP contribution in [0.2, 0.25) is 0 Å². The molecule has 1 unspecified atom stereocenters. The minimum atomic E-state index is -2.73. The van der Waals surface area contributed by atoms with E-state index < -0.39 is 36.1 Å². The molecule has 2 aromatic carbocycles. The van der Waals surface area contributed by atoms with Gasteiger partial charge in [-0.1, -0.05) is 36.4 Å². The molecule has 8 nitrogen and oxygen atoms in total. The molecule has 1 amide bonds. The largest absolute Gasteiger partial charge is 0.502 e. The predicted octanol–water partition coefficient (Wildman–Crippen LogP) is 3.04. The topological polar surface area (TPSA) is 113 Å². The van der Waals surface area contributed by atoms with E-state index in [9.17, 15) is 23.5 Å². The van der Waals surface area contributed by atoms with Gasteiger partial charge in [0, 0.05) is 12.4 Å². The van der Waals surface area contributed by atoms with Crippen molar-refractivity contribution in [3.8, 4) is 22.6 Å². The molecule has 2 heterocycles. The Morgan fingerprint density at radius 2 is 1.76 bits per heavy atom. The number of aromatic hydroxyl groups is 1. The summed E-state index contributed by atoms with van der Waals surface area (Å²) in [6, 6.07) is 17.0. The highest BCUT2D eigenvalue weighted by atomic mass is 19.3. The van der Waals surface area contributed by atoms with E-state index in [0.717, 1.165) is 23.1 Å². The molecular weight excluding hydrogens is 444 g/mol. The van der Waals surface area contributed by atoms with Crippen molar-refractivity contribution in [2.75, 3.05) is 6.54 Å². The van der Waals surface area contributed by atoms with E-state index in [1.807, 2.05) is 48.7 Å². The number of carbonyl (C=O) groups is 1. The number of alkyl halides is 2. The van der Waals surface area contributed by atoms with Crippen LogP contribution in [0.4, 0.5) is 8.78 Å². The molecule has 0 aliphatic rings. The number of nitrogens with one attached hydrogen (secondary N) is 2. The van der Waals surface area contributed by atoms with Crippen LogP contribution in [0, 0.1) is 0 Å². The molecule has 2 aromatic heterocycles. The first-order valence-corrected chi connectivity index (χ1v) is 10.4. The maximum atomic E-state index is 12.6. The van der Waals surface area contributed by atoms with Gasteiger partial charge in [-0.2, -0.15) is 5.10 Å². The van der Waals surface area contributed by atoms with Crippen LogP contribution >= 0.6 is 0 Å². The molecule has 4 rings (SSSR count). The Balaban J connectivity index is 1.55. The zero-order valence-electron chi connectivity index (χ0n) is 17.9. The van der Waals surface area contributed by atoms with E-state index in [1.165, 1.54) is 0 Å². The molecule has 1 atom stereocenters. The monoisotopic (exact) mass is 465 g/mol. The molecular formula is C24H21F2N5O3. The van der Waals surface area contributed by atoms with Gasteiger partial charge in [-0.25, -0.2) is 18.4 Å². The van der Waals surface area contributed by atoms with E-state index in [-0.39, 0.29) is 12.1 Å². The fraction of sp³-hybridized carbons (Fsp3) is 0.167. The molecule has 174 valence electrons. The minimum Gasteiger partial charge on any atom is -0.502 e. The van der Waals surface area contributed by atoms with E-state index >= 15 is 0 Å². The van der Waals surface area contributed by atoms with Gasteiger partial charge in [-0.3, -0.25) is 9.59 Å². The molecule has 0 radical (unpaired) electrons. The van der Waals surface area contributed by atoms with Gasteiger partial charge in [-0.05, 0) is 41.3 Å². The van der Waals surface area contributed by atoms with Gasteiger partial charge in [0.05, 0.1) is 24.5 Å². The van der Waals surface area contributed by atoms with E-state index in [0.29, 0.717) is 5.56 Å². The van der Waals surface area contributed by atoms with Gasteiger partial charge in [0.15, 0.2) is 0 Å². The van der Waals surface area contributed by atoms with Crippen LogP contribution < -0.4 is 10.9 Å². The molecule has 3 N–H and O–H groups in total. The average molecular weight is 465 g/mol. The summed E-state index contributed by atoms with van der Waals surface area (Å²) >= 11 is 0. The van der Waals surface area contributed by atoms with Crippen molar-refractivity contribution in [1.82, 2.24) is 25.1 Å². The van der Waals surface area contributed by atoms with Crippen molar-refractivity contribution in [3.05, 3.63) is 94.9 Å². The van der Waals surface area contributed by atoms with Gasteiger partial charge < -0.3 is 15.4 Å². The van der Waals surface area contributed by atoms with Crippen molar-refractivity contribution in [1.29, 1.82) is 0 Å². The predicted molar refractivity (Wildman–Crippen MR) is 121 cm³/mol. The lowest BCUT2D eigenvalue weighted by atomic mass is 9.93. The average Bonchev–Trinajstić information content (AvgIpc) is 3.39. The Kier molecular flexibility index (Phi) is 6.77. The molecule has 0 aliphatic carbocycles. The Morgan fingerprint density at radius 3 is 2.38 bits per heavy atom. The summed E-state index contributed by atoms with van der Waals surface area (Å²) in [4.78, 5) is 30.5. The third kappa shape index (κ3) is 5.17. The summed E-state index contributed by atoms with van der Waals surface area (Å²) in [5.74, 6) is -2.60. The van der Waals surface area contributed by atoms with E-state index in [1.54, 1.807) is 23.0 Å². The summed E-state index contributed by atoms with van der Waals surface area (Å²) in [6.07, 6.45) is 1.93. The highest BCUT2D eigenvalue weighted by Gasteiger charge is 2.27. The van der Waals surface area contributed by atoms with Gasteiger partial charge in [0.25, 0.3) is 12.0 Å². The molecule has 0 bridgehead atoms. The fourth-order valence-corrected chi connectivity index (χ4v) is 3.57. The smallest absolute Gasteiger partial charge is 0.293 e. The third-order valence-electron chi connectivity index (χ3n) is 5.30. The van der Waals surface area contributed by atoms with Gasteiger partial charge in [0.2, 0.25) is 11.7 Å². The Labute approximate surface area is 192 Å². The number of benzene rings is 2. The normalized spacial score (nSPS) is 12.0. The van der Waals surface area contributed by atoms with Gasteiger partial charge >= 0.3 is 0 Å². The van der Waals surface area contributed by atoms with Crippen LogP contribution in [0.3, 0.4) is 0 Å². The molecule has 4 aromatic rings. The Morgan fingerprint density at radius 1 is 1.09 bits per heavy atom. The lowest BCUT2D eigenvalue weighted by Gasteiger charge is -2.17. The van der Waals surface area contributed by atoms with Crippen LogP contribution in [0.25, 0.3) is 16.8 Å². The van der Waals surface area contributed by atoms with Crippen molar-refractivity contribution in [2.45, 2.75) is 18.8 Å². The Hall–Kier alpha value is -4.34. The maximum absolute atomic E-state index is 12.6. The highest BCUT2D eigenvalue weighted by molar-refractivity contribution is 5.84. The number of nitrogens with zero attached hydrogens (tertiary/aromatic N) is 3. The quantitative estimate of drug-likeness (QED) is 0.370. The molecule has 0 saturated carbocycles. The lowest BCUT2D eigenvalue weighted by molar-refractivity contribution is -0.123. The van der Waals surface area contributed by atoms with Crippen LogP contribution in [0.1, 0.15) is 17.2 Å². The van der Waals surface area contributed by atoms with Crippen LogP contribution in [0.15, 0.2) is 78.1 Å². The molecule has 0 aliphatic heterocycles. The number of hydrogen-bond acceptors (Lipinski definition) is 5. The zero-order chi connectivity index (χ0) is 24.1. The van der Waals surface area contributed by atoms with Crippen molar-refractivity contribution < 1.29 is 18.7 Å². The first-order chi connectivity index (χ1) is 16.4. The lowest BCUT2D eigenvalue weighted by Crippen LogP contribution is -2.34. The van der Waals surface area contributed by atoms with Crippen molar-refractivity contribution >= 4 is 5.91 Å². The second-order valence-electron chi connectivity index (χ2n) is 7.55. The Bertz CT molecular complexity index is 1300. The number of aromatic nitrogens is 4. The molecule has 0 saturated heterocycles. The first kappa shape index (κ1) is 22.8. The maximum Gasteiger partial charge on any atom is 0.293 e. The molecule has 0 fully saturated rings. The SMILES string of the molecule is O=C(NCC(F)F)C(Cc1ccc(-c2ccc(-n3cccn3)cc2)cc1)c1nc[nH]c(=O)c1O. The van der Waals surface area contributed by atoms with Gasteiger partial charge in [-0.15, -0.1) is 0 Å². The van der Waals surface area contributed by atoms with E-state index in [4.69, 9.17) is 0 Å². The first-order valence-electron chi connectivity index (χ1n) is 10.4. The van der Waals surface area contributed by atoms with E-state index in [2.05, 4.69) is 20.4 Å². The second-order valence-corrected chi connectivity index (χ2v) is 7.55. The number of rotatable bonds is 8. The minimum absolute atomic E-state index is 0.0532. The number of aromatic amines is 1. The highest BCUT2D eigenvalue weighted by Crippen LogP contribution is 2.27. The fourth-order valence-electron chi connectivity index (χ4n) is 3.57. The van der Waals surface area contributed by atoms with Crippen LogP contribution in [-0.4, -0.2) is 43.7 Å². The summed E-state index contributed by atoms with van der Waals surface area (Å²) in [5, 5.41) is 16.5. The number of hydrogen-bond donors (Lipinski definition) is 3. The second kappa shape index (κ2) is 10.1. The van der Waals surface area contributed by atoms with Crippen LogP contribution in [0.5, 0.6) is 5.75 Å². The molecule has 10 heteroatoms. The number of halogens is 2. The van der Waals surface area contributed by atoms with Crippen molar-refractivity contribution in [2.24, 2.45) is 0 Å². The van der Waals surface area contributed by atoms with Gasteiger partial charge in [0.1, 0.15) is 5.69 Å². The summed E-state index contributed by atoms with van der Waals surface area (Å²) in [6.45, 7) is -0.841. The molecule has 34 heavy (non-hydrogen) atoms. The molecule has 0 spiro atoms. The standard InChI is InChI=1S/C24H21F2N5O3/c25-20(26)13-27-23(33)19(21-22(32)24(34)29-14-28-21)12-15-2-4-16(5-3-15)17-6-8-18(9-7-17)31-11-1-10-30-31/h1-11,14,19-20,32H,12-13H2,(H,27,33)(H,28,29,34). The van der Waals surface area contributed by atoms with Crippen molar-refractivity contribution in [3.63, 3.8) is 0 Å². The zero-order valence-corrected chi connectivity index (χ0v) is 17.9. The summed E-state index contributed by atoms with van der Waals surface area (Å²) in [7, 11) is 0. The van der Waals surface area contributed by atoms with Crippen LogP contribution in [-0.2, 0) is 11.2 Å².